The van der Waals surface area contributed by atoms with E-state index in [0.29, 0.717) is 0 Å². The second kappa shape index (κ2) is 3.87. The van der Waals surface area contributed by atoms with E-state index in [1.165, 1.54) is 0 Å². The first-order chi connectivity index (χ1) is 4.57. The summed E-state index contributed by atoms with van der Waals surface area (Å²) in [5.41, 5.74) is 0. The zero-order valence-corrected chi connectivity index (χ0v) is 6.05. The fourth-order valence-corrected chi connectivity index (χ4v) is 0.388. The van der Waals surface area contributed by atoms with E-state index in [2.05, 4.69) is 5.32 Å². The van der Waals surface area contributed by atoms with Crippen molar-refractivity contribution in [3.05, 3.63) is 0 Å². The van der Waals surface area contributed by atoms with Crippen LogP contribution < -0.4 is 5.32 Å². The quantitative estimate of drug-likeness (QED) is 0.537. The molecule has 0 heterocycles. The Kier molecular flexibility index (Phi) is 3.46. The van der Waals surface area contributed by atoms with Gasteiger partial charge in [0.2, 0.25) is 0 Å². The van der Waals surface area contributed by atoms with Gasteiger partial charge in [0, 0.05) is 6.04 Å². The van der Waals surface area contributed by atoms with E-state index in [9.17, 15) is 9.59 Å². The van der Waals surface area contributed by atoms with Crippen molar-refractivity contribution in [2.75, 3.05) is 0 Å². The summed E-state index contributed by atoms with van der Waals surface area (Å²) in [6.07, 6.45) is 0.735. The summed E-state index contributed by atoms with van der Waals surface area (Å²) < 4.78 is 0. The van der Waals surface area contributed by atoms with Gasteiger partial charge < -0.3 is 10.4 Å². The second-order valence-corrected chi connectivity index (χ2v) is 2.09. The van der Waals surface area contributed by atoms with E-state index in [-0.39, 0.29) is 6.04 Å². The normalized spacial score (nSPS) is 12.2. The maximum Gasteiger partial charge on any atom is 0.394 e. The molecule has 0 aromatic heterocycles. The van der Waals surface area contributed by atoms with Crippen LogP contribution in [-0.2, 0) is 9.59 Å². The zero-order chi connectivity index (χ0) is 8.15. The van der Waals surface area contributed by atoms with Crippen LogP contribution in [0.3, 0.4) is 0 Å². The number of carboxylic acids is 1. The lowest BCUT2D eigenvalue weighted by Gasteiger charge is -2.07. The van der Waals surface area contributed by atoms with Crippen LogP contribution in [0, 0.1) is 0 Å². The average Bonchev–Trinajstić information content (AvgIpc) is 1.87. The van der Waals surface area contributed by atoms with Crippen LogP contribution in [0.25, 0.3) is 0 Å². The molecule has 1 atom stereocenters. The molecular formula is C6H11NO3. The lowest BCUT2D eigenvalue weighted by Crippen LogP contribution is -2.36. The molecule has 0 aromatic carbocycles. The minimum absolute atomic E-state index is 0.0661. The predicted molar refractivity (Wildman–Crippen MR) is 35.5 cm³/mol. The number of carbonyl (C=O) groups is 2. The lowest BCUT2D eigenvalue weighted by atomic mass is 10.2. The van der Waals surface area contributed by atoms with Gasteiger partial charge in [-0.1, -0.05) is 6.92 Å². The van der Waals surface area contributed by atoms with Crippen molar-refractivity contribution in [1.29, 1.82) is 0 Å². The Balaban J connectivity index is 3.68. The van der Waals surface area contributed by atoms with E-state index in [1.807, 2.05) is 6.92 Å². The number of hydrogen-bond acceptors (Lipinski definition) is 2. The molecule has 10 heavy (non-hydrogen) atoms. The molecule has 0 aromatic rings. The topological polar surface area (TPSA) is 66.4 Å². The predicted octanol–water partition coefficient (Wildman–Crippen LogP) is -0.0143. The molecule has 0 unspecified atom stereocenters. The number of aliphatic carboxylic acids is 1. The van der Waals surface area contributed by atoms with Gasteiger partial charge in [-0.25, -0.2) is 4.79 Å². The van der Waals surface area contributed by atoms with Crippen molar-refractivity contribution in [3.63, 3.8) is 0 Å². The van der Waals surface area contributed by atoms with Gasteiger partial charge in [0.1, 0.15) is 0 Å². The molecule has 0 bridgehead atoms. The van der Waals surface area contributed by atoms with Crippen molar-refractivity contribution in [3.8, 4) is 0 Å². The molecule has 0 rings (SSSR count). The third kappa shape index (κ3) is 3.06. The van der Waals surface area contributed by atoms with Crippen molar-refractivity contribution < 1.29 is 14.7 Å². The lowest BCUT2D eigenvalue weighted by molar-refractivity contribution is -0.150. The Labute approximate surface area is 59.2 Å². The maximum atomic E-state index is 10.4. The monoisotopic (exact) mass is 145 g/mol. The maximum absolute atomic E-state index is 10.4. The summed E-state index contributed by atoms with van der Waals surface area (Å²) in [7, 11) is 0. The Morgan fingerprint density at radius 2 is 2.10 bits per heavy atom. The Morgan fingerprint density at radius 1 is 1.60 bits per heavy atom. The van der Waals surface area contributed by atoms with Crippen LogP contribution in [0.4, 0.5) is 0 Å². The number of carbonyl (C=O) groups excluding carboxylic acids is 1. The molecule has 0 fully saturated rings. The molecule has 0 spiro atoms. The summed E-state index contributed by atoms with van der Waals surface area (Å²) in [5.74, 6) is -2.37. The molecule has 1 amide bonds. The van der Waals surface area contributed by atoms with Crippen LogP contribution in [0.5, 0.6) is 0 Å². The number of amides is 1. The van der Waals surface area contributed by atoms with E-state index in [0.717, 1.165) is 6.42 Å². The summed E-state index contributed by atoms with van der Waals surface area (Å²) in [4.78, 5) is 20.3. The Hall–Kier alpha value is -1.06. The molecule has 0 saturated heterocycles. The third-order valence-electron chi connectivity index (χ3n) is 1.18. The number of hydrogen-bond donors (Lipinski definition) is 2. The van der Waals surface area contributed by atoms with Crippen LogP contribution in [-0.4, -0.2) is 23.0 Å². The molecule has 0 saturated carbocycles. The highest BCUT2D eigenvalue weighted by Gasteiger charge is 2.12. The minimum Gasteiger partial charge on any atom is -0.474 e. The standard InChI is InChI=1S/C6H11NO3/c1-3-4(2)7-5(8)6(9)10/h4H,3H2,1-2H3,(H,7,8)(H,9,10)/t4-/m0/s1. The number of carboxylic acid groups (broad SMARTS) is 1. The van der Waals surface area contributed by atoms with Gasteiger partial charge in [0.05, 0.1) is 0 Å². The van der Waals surface area contributed by atoms with E-state index in [4.69, 9.17) is 5.11 Å². The van der Waals surface area contributed by atoms with Gasteiger partial charge in [-0.05, 0) is 13.3 Å². The largest absolute Gasteiger partial charge is 0.474 e. The van der Waals surface area contributed by atoms with Crippen molar-refractivity contribution in [2.24, 2.45) is 0 Å². The summed E-state index contributed by atoms with van der Waals surface area (Å²) >= 11 is 0. The molecule has 0 aliphatic carbocycles. The fraction of sp³-hybridized carbons (Fsp3) is 0.667. The SMILES string of the molecule is CC[C@H](C)NC(=O)C(=O)O. The van der Waals surface area contributed by atoms with Crippen LogP contribution in [0.15, 0.2) is 0 Å². The highest BCUT2D eigenvalue weighted by Crippen LogP contribution is 1.86. The first kappa shape index (κ1) is 8.94. The molecule has 0 radical (unpaired) electrons. The fourth-order valence-electron chi connectivity index (χ4n) is 0.388. The van der Waals surface area contributed by atoms with Gasteiger partial charge >= 0.3 is 11.9 Å². The third-order valence-corrected chi connectivity index (χ3v) is 1.18. The summed E-state index contributed by atoms with van der Waals surface area (Å²) in [5, 5.41) is 10.4. The first-order valence-electron chi connectivity index (χ1n) is 3.11. The minimum atomic E-state index is -1.43. The van der Waals surface area contributed by atoms with Crippen molar-refractivity contribution in [2.45, 2.75) is 26.3 Å². The smallest absolute Gasteiger partial charge is 0.394 e. The number of nitrogens with one attached hydrogen (secondary N) is 1. The molecule has 58 valence electrons. The molecule has 2 N–H and O–H groups in total. The molecule has 4 heteroatoms. The Morgan fingerprint density at radius 3 is 2.40 bits per heavy atom. The van der Waals surface area contributed by atoms with E-state index in [1.54, 1.807) is 6.92 Å². The zero-order valence-electron chi connectivity index (χ0n) is 6.05. The second-order valence-electron chi connectivity index (χ2n) is 2.09. The van der Waals surface area contributed by atoms with Gasteiger partial charge in [0.15, 0.2) is 0 Å². The average molecular weight is 145 g/mol. The van der Waals surface area contributed by atoms with Crippen LogP contribution in [0.1, 0.15) is 20.3 Å². The Bertz CT molecular complexity index is 144. The van der Waals surface area contributed by atoms with Crippen molar-refractivity contribution >= 4 is 11.9 Å². The van der Waals surface area contributed by atoms with E-state index < -0.39 is 11.9 Å². The van der Waals surface area contributed by atoms with Gasteiger partial charge in [-0.2, -0.15) is 0 Å². The molecule has 4 nitrogen and oxygen atoms in total. The van der Waals surface area contributed by atoms with Gasteiger partial charge in [0.25, 0.3) is 0 Å². The molecular weight excluding hydrogens is 134 g/mol. The van der Waals surface area contributed by atoms with Gasteiger partial charge in [-0.15, -0.1) is 0 Å². The number of rotatable bonds is 2. The summed E-state index contributed by atoms with van der Waals surface area (Å²) in [6.45, 7) is 3.62. The van der Waals surface area contributed by atoms with Crippen LogP contribution in [0.2, 0.25) is 0 Å². The molecule has 0 aliphatic rings. The highest BCUT2D eigenvalue weighted by atomic mass is 16.4. The summed E-state index contributed by atoms with van der Waals surface area (Å²) in [6, 6.07) is -0.0661. The van der Waals surface area contributed by atoms with Crippen LogP contribution >= 0.6 is 0 Å². The van der Waals surface area contributed by atoms with E-state index >= 15 is 0 Å². The van der Waals surface area contributed by atoms with Crippen molar-refractivity contribution in [1.82, 2.24) is 5.32 Å². The molecule has 0 aliphatic heterocycles. The first-order valence-corrected chi connectivity index (χ1v) is 3.11. The van der Waals surface area contributed by atoms with Gasteiger partial charge in [-0.3, -0.25) is 4.79 Å². The highest BCUT2D eigenvalue weighted by molar-refractivity contribution is 6.31.